The van der Waals surface area contributed by atoms with Crippen molar-refractivity contribution < 1.29 is 4.74 Å². The maximum absolute atomic E-state index is 9.21. The average Bonchev–Trinajstić information content (AvgIpc) is 3.11. The van der Waals surface area contributed by atoms with Crippen LogP contribution in [-0.4, -0.2) is 41.1 Å². The molecule has 1 saturated carbocycles. The molecular weight excluding hydrogens is 408 g/mol. The molecule has 0 unspecified atom stereocenters. The van der Waals surface area contributed by atoms with Crippen LogP contribution in [0.1, 0.15) is 37.8 Å². The quantitative estimate of drug-likeness (QED) is 0.686. The second kappa shape index (κ2) is 8.00. The van der Waals surface area contributed by atoms with Gasteiger partial charge in [-0.2, -0.15) is 4.98 Å². The highest BCUT2D eigenvalue weighted by molar-refractivity contribution is 6.67. The standard InChI is InChI=1S/C18H16BCl2N5O.C2H6/c20-15-16(23-17(21)25-24-15)26-8-18(9-26)4-12(5-18)27-14-3-1-2-11-6-19(10-22)7-13(11)14;1-2/h1-3,12H,4-9H2;1-2H3. The van der Waals surface area contributed by atoms with Crippen LogP contribution in [-0.2, 0) is 12.6 Å². The van der Waals surface area contributed by atoms with Gasteiger partial charge in [-0.25, -0.2) is 5.26 Å². The van der Waals surface area contributed by atoms with Crippen molar-refractivity contribution in [2.24, 2.45) is 5.41 Å². The molecule has 0 amide bonds. The van der Waals surface area contributed by atoms with E-state index < -0.39 is 0 Å². The lowest BCUT2D eigenvalue weighted by atomic mass is 9.49. The van der Waals surface area contributed by atoms with Gasteiger partial charge in [-0.15, -0.1) is 10.2 Å². The van der Waals surface area contributed by atoms with Crippen LogP contribution < -0.4 is 9.64 Å². The summed E-state index contributed by atoms with van der Waals surface area (Å²) >= 11 is 11.9. The fourth-order valence-electron chi connectivity index (χ4n) is 4.65. The Bertz CT molecular complexity index is 952. The molecule has 6 nitrogen and oxygen atoms in total. The second-order valence-corrected chi connectivity index (χ2v) is 8.52. The first kappa shape index (κ1) is 20.2. The van der Waals surface area contributed by atoms with E-state index in [9.17, 15) is 5.26 Å². The van der Waals surface area contributed by atoms with Gasteiger partial charge in [0.1, 0.15) is 11.9 Å². The summed E-state index contributed by atoms with van der Waals surface area (Å²) in [6.07, 6.45) is 3.89. The van der Waals surface area contributed by atoms with E-state index in [0.717, 1.165) is 44.3 Å². The Morgan fingerprint density at radius 3 is 2.69 bits per heavy atom. The SMILES string of the molecule is CC.N#CB1Cc2cccc(OC3CC4(C3)CN(c3nc(Cl)nnc3Cl)C4)c2C1. The van der Waals surface area contributed by atoms with Gasteiger partial charge >= 0.3 is 0 Å². The van der Waals surface area contributed by atoms with Crippen molar-refractivity contribution >= 4 is 35.7 Å². The second-order valence-electron chi connectivity index (χ2n) is 7.83. The van der Waals surface area contributed by atoms with Crippen LogP contribution >= 0.6 is 23.2 Å². The lowest BCUT2D eigenvalue weighted by molar-refractivity contribution is -0.0346. The van der Waals surface area contributed by atoms with Crippen molar-refractivity contribution in [1.29, 1.82) is 5.26 Å². The highest BCUT2D eigenvalue weighted by Gasteiger charge is 2.54. The third-order valence-corrected chi connectivity index (χ3v) is 6.30. The number of rotatable bonds is 3. The largest absolute Gasteiger partial charge is 0.490 e. The van der Waals surface area contributed by atoms with Gasteiger partial charge in [-0.05, 0) is 54.3 Å². The minimum atomic E-state index is 0.0794. The summed E-state index contributed by atoms with van der Waals surface area (Å²) < 4.78 is 6.29. The highest BCUT2D eigenvalue weighted by Crippen LogP contribution is 2.51. The number of fused-ring (bicyclic) bond motifs is 1. The van der Waals surface area contributed by atoms with Crippen LogP contribution in [0.2, 0.25) is 10.4 Å². The molecule has 3 aliphatic rings. The first-order valence-corrected chi connectivity index (χ1v) is 10.8. The number of anilines is 1. The molecule has 2 aromatic rings. The minimum absolute atomic E-state index is 0.0794. The number of nitriles is 1. The molecule has 29 heavy (non-hydrogen) atoms. The lowest BCUT2D eigenvalue weighted by Gasteiger charge is -2.58. The molecule has 1 aromatic carbocycles. The van der Waals surface area contributed by atoms with Gasteiger partial charge in [-0.3, -0.25) is 0 Å². The van der Waals surface area contributed by atoms with E-state index in [4.69, 9.17) is 27.9 Å². The van der Waals surface area contributed by atoms with Crippen LogP contribution in [0.3, 0.4) is 0 Å². The van der Waals surface area contributed by atoms with E-state index in [0.29, 0.717) is 5.82 Å². The van der Waals surface area contributed by atoms with Gasteiger partial charge in [0.25, 0.3) is 6.71 Å². The molecule has 1 saturated heterocycles. The first-order chi connectivity index (χ1) is 14.0. The van der Waals surface area contributed by atoms with Crippen molar-refractivity contribution in [1.82, 2.24) is 15.2 Å². The Balaban J connectivity index is 0.000000994. The number of nitrogens with zero attached hydrogens (tertiary/aromatic N) is 5. The van der Waals surface area contributed by atoms with Gasteiger partial charge in [0, 0.05) is 24.5 Å². The minimum Gasteiger partial charge on any atom is -0.490 e. The molecule has 0 atom stereocenters. The Labute approximate surface area is 181 Å². The molecule has 150 valence electrons. The summed E-state index contributed by atoms with van der Waals surface area (Å²) in [5.74, 6) is 3.94. The van der Waals surface area contributed by atoms with Crippen LogP contribution in [0, 0.1) is 16.6 Å². The van der Waals surface area contributed by atoms with Gasteiger partial charge in [0.05, 0.1) is 0 Å². The predicted octanol–water partition coefficient (Wildman–Crippen LogP) is 3.99. The van der Waals surface area contributed by atoms with Crippen molar-refractivity contribution in [3.05, 3.63) is 39.8 Å². The molecule has 1 aromatic heterocycles. The zero-order valence-electron chi connectivity index (χ0n) is 16.5. The van der Waals surface area contributed by atoms with Gasteiger partial charge < -0.3 is 9.64 Å². The van der Waals surface area contributed by atoms with Crippen molar-refractivity contribution in [3.8, 4) is 11.7 Å². The summed E-state index contributed by atoms with van der Waals surface area (Å²) in [4.78, 5) is 6.28. The first-order valence-electron chi connectivity index (χ1n) is 10.0. The molecule has 2 aliphatic heterocycles. The topological polar surface area (TPSA) is 74.9 Å². The number of aromatic nitrogens is 3. The average molecular weight is 430 g/mol. The summed E-state index contributed by atoms with van der Waals surface area (Å²) in [6, 6.07) is 6.17. The Morgan fingerprint density at radius 1 is 1.21 bits per heavy atom. The summed E-state index contributed by atoms with van der Waals surface area (Å²) in [6.45, 7) is 5.84. The lowest BCUT2D eigenvalue weighted by Crippen LogP contribution is -2.65. The third kappa shape index (κ3) is 3.76. The molecular formula is C20H22BCl2N5O. The monoisotopic (exact) mass is 429 g/mol. The molecule has 5 rings (SSSR count). The number of hydrogen-bond acceptors (Lipinski definition) is 6. The number of hydrogen-bond donors (Lipinski definition) is 0. The van der Waals surface area contributed by atoms with E-state index in [2.05, 4.69) is 32.1 Å². The molecule has 0 N–H and O–H groups in total. The summed E-state index contributed by atoms with van der Waals surface area (Å²) in [5.41, 5.74) is 2.73. The molecule has 2 fully saturated rings. The van der Waals surface area contributed by atoms with Crippen molar-refractivity contribution in [2.45, 2.75) is 45.4 Å². The number of benzene rings is 1. The van der Waals surface area contributed by atoms with Crippen molar-refractivity contribution in [2.75, 3.05) is 18.0 Å². The zero-order valence-corrected chi connectivity index (χ0v) is 18.0. The summed E-state index contributed by atoms with van der Waals surface area (Å²) in [5, 5.41) is 17.1. The highest BCUT2D eigenvalue weighted by atomic mass is 35.5. The van der Waals surface area contributed by atoms with Crippen LogP contribution in [0.25, 0.3) is 0 Å². The Hall–Kier alpha value is -2.04. The van der Waals surface area contributed by atoms with Gasteiger partial charge in [-0.1, -0.05) is 37.6 Å². The van der Waals surface area contributed by atoms with Gasteiger partial charge in [0.2, 0.25) is 5.28 Å². The maximum atomic E-state index is 9.21. The van der Waals surface area contributed by atoms with Crippen LogP contribution in [0.15, 0.2) is 18.2 Å². The van der Waals surface area contributed by atoms with Gasteiger partial charge in [0.15, 0.2) is 11.0 Å². The molecule has 3 heterocycles. The van der Waals surface area contributed by atoms with E-state index in [1.807, 2.05) is 26.0 Å². The fraction of sp³-hybridized carbons (Fsp3) is 0.500. The number of halogens is 2. The van der Waals surface area contributed by atoms with E-state index in [1.165, 1.54) is 11.1 Å². The molecule has 9 heteroatoms. The fourth-order valence-corrected chi connectivity index (χ4v) is 4.96. The van der Waals surface area contributed by atoms with E-state index in [1.54, 1.807) is 0 Å². The Kier molecular flexibility index (Phi) is 5.59. The predicted molar refractivity (Wildman–Crippen MR) is 115 cm³/mol. The zero-order chi connectivity index (χ0) is 20.6. The molecule has 0 radical (unpaired) electrons. The molecule has 0 bridgehead atoms. The molecule has 1 aliphatic carbocycles. The normalized spacial score (nSPS) is 18.9. The van der Waals surface area contributed by atoms with Crippen molar-refractivity contribution in [3.63, 3.8) is 0 Å². The van der Waals surface area contributed by atoms with E-state index in [-0.39, 0.29) is 28.7 Å². The van der Waals surface area contributed by atoms with Crippen LogP contribution in [0.4, 0.5) is 5.82 Å². The van der Waals surface area contributed by atoms with Crippen LogP contribution in [0.5, 0.6) is 5.75 Å². The molecule has 1 spiro atoms. The maximum Gasteiger partial charge on any atom is 0.276 e. The number of ether oxygens (including phenoxy) is 1. The Morgan fingerprint density at radius 2 is 1.97 bits per heavy atom. The smallest absolute Gasteiger partial charge is 0.276 e. The van der Waals surface area contributed by atoms with E-state index >= 15 is 0 Å². The summed E-state index contributed by atoms with van der Waals surface area (Å²) in [7, 11) is 0. The third-order valence-electron chi connectivity index (χ3n) is 5.90.